The molecule has 0 saturated carbocycles. The molecular weight excluding hydrogens is 312 g/mol. The Labute approximate surface area is 138 Å². The number of carbonyl (C=O) groups is 1. The topological polar surface area (TPSA) is 59.8 Å². The van der Waals surface area contributed by atoms with E-state index in [2.05, 4.69) is 15.3 Å². The number of nitrogens with one attached hydrogen (secondary N) is 1. The number of anilines is 1. The van der Waals surface area contributed by atoms with Gasteiger partial charge in [0.25, 0.3) is 0 Å². The fraction of sp³-hybridized carbons (Fsp3) is 0.118. The van der Waals surface area contributed by atoms with Crippen LogP contribution in [-0.2, 0) is 4.79 Å². The number of halogens is 1. The molecule has 23 heavy (non-hydrogen) atoms. The second-order valence-electron chi connectivity index (χ2n) is 5.42. The van der Waals surface area contributed by atoms with E-state index >= 15 is 0 Å². The van der Waals surface area contributed by atoms with Gasteiger partial charge < -0.3 is 5.32 Å². The Hall–Kier alpha value is -2.66. The van der Waals surface area contributed by atoms with Gasteiger partial charge >= 0.3 is 0 Å². The third kappa shape index (κ3) is 2.49. The predicted octanol–water partition coefficient (Wildman–Crippen LogP) is 3.39. The summed E-state index contributed by atoms with van der Waals surface area (Å²) in [6.45, 7) is 0. The van der Waals surface area contributed by atoms with Gasteiger partial charge in [-0.15, -0.1) is 0 Å². The van der Waals surface area contributed by atoms with Crippen molar-refractivity contribution in [1.82, 2.24) is 14.5 Å². The highest BCUT2D eigenvalue weighted by atomic mass is 35.5. The van der Waals surface area contributed by atoms with Gasteiger partial charge in [0.15, 0.2) is 0 Å². The Balaban J connectivity index is 1.81. The molecule has 1 aromatic carbocycles. The summed E-state index contributed by atoms with van der Waals surface area (Å²) in [5.41, 5.74) is 2.75. The zero-order valence-corrected chi connectivity index (χ0v) is 12.9. The lowest BCUT2D eigenvalue weighted by molar-refractivity contribution is -0.116. The van der Waals surface area contributed by atoms with Crippen LogP contribution in [0.4, 0.5) is 5.82 Å². The molecule has 1 atom stereocenters. The number of hydrogen-bond acceptors (Lipinski definition) is 3. The summed E-state index contributed by atoms with van der Waals surface area (Å²) in [7, 11) is 0. The van der Waals surface area contributed by atoms with Crippen molar-refractivity contribution in [2.75, 3.05) is 5.32 Å². The van der Waals surface area contributed by atoms with Crippen molar-refractivity contribution in [3.05, 3.63) is 71.4 Å². The van der Waals surface area contributed by atoms with Crippen LogP contribution in [0, 0.1) is 0 Å². The van der Waals surface area contributed by atoms with Crippen LogP contribution in [0.3, 0.4) is 0 Å². The Morgan fingerprint density at radius 1 is 1.22 bits per heavy atom. The Morgan fingerprint density at radius 2 is 2.04 bits per heavy atom. The Kier molecular flexibility index (Phi) is 3.35. The molecule has 3 aromatic rings. The third-order valence-electron chi connectivity index (χ3n) is 3.97. The molecule has 1 aliphatic heterocycles. The monoisotopic (exact) mass is 324 g/mol. The SMILES string of the molecule is O=C1C[C@@H](c2ccc(Cl)cc2)c2ncn(-c3cccnc3)c2N1. The van der Waals surface area contributed by atoms with Crippen molar-refractivity contribution in [1.29, 1.82) is 0 Å². The number of aromatic nitrogens is 3. The highest BCUT2D eigenvalue weighted by Gasteiger charge is 2.30. The first-order chi connectivity index (χ1) is 11.2. The summed E-state index contributed by atoms with van der Waals surface area (Å²) in [5.74, 6) is 0.603. The second kappa shape index (κ2) is 5.52. The quantitative estimate of drug-likeness (QED) is 0.786. The molecule has 1 N–H and O–H groups in total. The summed E-state index contributed by atoms with van der Waals surface area (Å²) in [4.78, 5) is 20.8. The molecule has 1 amide bonds. The normalized spacial score (nSPS) is 16.7. The van der Waals surface area contributed by atoms with Gasteiger partial charge in [-0.3, -0.25) is 14.3 Å². The lowest BCUT2D eigenvalue weighted by atomic mass is 9.90. The molecule has 0 unspecified atom stereocenters. The molecule has 6 heteroatoms. The number of hydrogen-bond donors (Lipinski definition) is 1. The molecular formula is C17H13ClN4O. The molecule has 0 spiro atoms. The smallest absolute Gasteiger partial charge is 0.226 e. The highest BCUT2D eigenvalue weighted by Crippen LogP contribution is 2.37. The van der Waals surface area contributed by atoms with Crippen molar-refractivity contribution in [2.24, 2.45) is 0 Å². The molecule has 2 aromatic heterocycles. The van der Waals surface area contributed by atoms with Crippen molar-refractivity contribution in [2.45, 2.75) is 12.3 Å². The van der Waals surface area contributed by atoms with Gasteiger partial charge in [0, 0.05) is 23.6 Å². The number of amides is 1. The molecule has 4 rings (SSSR count). The minimum atomic E-state index is -0.0751. The molecule has 0 saturated heterocycles. The van der Waals surface area contributed by atoms with Crippen LogP contribution >= 0.6 is 11.6 Å². The van der Waals surface area contributed by atoms with Crippen molar-refractivity contribution in [3.63, 3.8) is 0 Å². The minimum absolute atomic E-state index is 0.0249. The first-order valence-electron chi connectivity index (χ1n) is 7.25. The molecule has 3 heterocycles. The van der Waals surface area contributed by atoms with Gasteiger partial charge in [0.2, 0.25) is 5.91 Å². The summed E-state index contributed by atoms with van der Waals surface area (Å²) >= 11 is 5.96. The summed E-state index contributed by atoms with van der Waals surface area (Å²) < 4.78 is 1.85. The van der Waals surface area contributed by atoms with E-state index in [9.17, 15) is 4.79 Å². The van der Waals surface area contributed by atoms with E-state index in [1.165, 1.54) is 0 Å². The van der Waals surface area contributed by atoms with Gasteiger partial charge in [-0.25, -0.2) is 4.98 Å². The summed E-state index contributed by atoms with van der Waals surface area (Å²) in [6, 6.07) is 11.3. The van der Waals surface area contributed by atoms with Crippen LogP contribution in [0.5, 0.6) is 0 Å². The van der Waals surface area contributed by atoms with Gasteiger partial charge in [-0.2, -0.15) is 0 Å². The van der Waals surface area contributed by atoms with E-state index in [0.717, 1.165) is 16.9 Å². The predicted molar refractivity (Wildman–Crippen MR) is 87.9 cm³/mol. The van der Waals surface area contributed by atoms with Crippen LogP contribution < -0.4 is 5.32 Å². The largest absolute Gasteiger partial charge is 0.310 e. The van der Waals surface area contributed by atoms with E-state index in [4.69, 9.17) is 11.6 Å². The number of pyridine rings is 1. The number of imidazole rings is 1. The number of nitrogens with zero attached hydrogens (tertiary/aromatic N) is 3. The maximum atomic E-state index is 12.2. The van der Waals surface area contributed by atoms with Gasteiger partial charge in [-0.1, -0.05) is 23.7 Å². The first-order valence-corrected chi connectivity index (χ1v) is 7.63. The number of benzene rings is 1. The summed E-state index contributed by atoms with van der Waals surface area (Å²) in [6.07, 6.45) is 5.54. The van der Waals surface area contributed by atoms with E-state index in [1.54, 1.807) is 18.7 Å². The minimum Gasteiger partial charge on any atom is -0.310 e. The van der Waals surface area contributed by atoms with Crippen LogP contribution in [-0.4, -0.2) is 20.4 Å². The highest BCUT2D eigenvalue weighted by molar-refractivity contribution is 6.30. The summed E-state index contributed by atoms with van der Waals surface area (Å²) in [5, 5.41) is 3.60. The van der Waals surface area contributed by atoms with Crippen molar-refractivity contribution >= 4 is 23.3 Å². The fourth-order valence-electron chi connectivity index (χ4n) is 2.87. The molecule has 114 valence electrons. The maximum absolute atomic E-state index is 12.2. The third-order valence-corrected chi connectivity index (χ3v) is 4.22. The second-order valence-corrected chi connectivity index (χ2v) is 5.85. The number of carbonyl (C=O) groups excluding carboxylic acids is 1. The van der Waals surface area contributed by atoms with Crippen LogP contribution in [0.2, 0.25) is 5.02 Å². The van der Waals surface area contributed by atoms with Crippen LogP contribution in [0.1, 0.15) is 23.6 Å². The van der Waals surface area contributed by atoms with Crippen LogP contribution in [0.15, 0.2) is 55.1 Å². The van der Waals surface area contributed by atoms with Gasteiger partial charge in [-0.05, 0) is 29.8 Å². The molecule has 1 aliphatic rings. The van der Waals surface area contributed by atoms with E-state index < -0.39 is 0 Å². The fourth-order valence-corrected chi connectivity index (χ4v) is 3.00. The van der Waals surface area contributed by atoms with Crippen molar-refractivity contribution in [3.8, 4) is 5.69 Å². The Morgan fingerprint density at radius 3 is 2.78 bits per heavy atom. The lowest BCUT2D eigenvalue weighted by Gasteiger charge is -2.23. The van der Waals surface area contributed by atoms with Crippen LogP contribution in [0.25, 0.3) is 5.69 Å². The maximum Gasteiger partial charge on any atom is 0.226 e. The zero-order valence-electron chi connectivity index (χ0n) is 12.1. The van der Waals surface area contributed by atoms with Crippen molar-refractivity contribution < 1.29 is 4.79 Å². The van der Waals surface area contributed by atoms with E-state index in [0.29, 0.717) is 17.3 Å². The van der Waals surface area contributed by atoms with E-state index in [-0.39, 0.29) is 11.8 Å². The average Bonchev–Trinajstić information content (AvgIpc) is 2.99. The molecule has 0 aliphatic carbocycles. The Bertz CT molecular complexity index is 858. The zero-order chi connectivity index (χ0) is 15.8. The lowest BCUT2D eigenvalue weighted by Crippen LogP contribution is -2.24. The number of fused-ring (bicyclic) bond motifs is 1. The van der Waals surface area contributed by atoms with Gasteiger partial charge in [0.05, 0.1) is 17.6 Å². The molecule has 0 radical (unpaired) electrons. The molecule has 0 bridgehead atoms. The molecule has 5 nitrogen and oxygen atoms in total. The number of rotatable bonds is 2. The average molecular weight is 325 g/mol. The molecule has 0 fully saturated rings. The first kappa shape index (κ1) is 14.0. The van der Waals surface area contributed by atoms with Gasteiger partial charge in [0.1, 0.15) is 12.1 Å². The standard InChI is InChI=1S/C17H13ClN4O/c18-12-5-3-11(4-6-12)14-8-15(23)21-17-16(14)20-10-22(17)13-2-1-7-19-9-13/h1-7,9-10,14H,8H2,(H,21,23)/t14-/m0/s1. The van der Waals surface area contributed by atoms with E-state index in [1.807, 2.05) is 41.0 Å².